The first-order valence-electron chi connectivity index (χ1n) is 9.18. The van der Waals surface area contributed by atoms with Gasteiger partial charge in [-0.3, -0.25) is 9.69 Å². The molecule has 0 unspecified atom stereocenters. The zero-order chi connectivity index (χ0) is 16.3. The van der Waals surface area contributed by atoms with Gasteiger partial charge in [0.1, 0.15) is 5.70 Å². The van der Waals surface area contributed by atoms with E-state index in [1.54, 1.807) is 0 Å². The topological polar surface area (TPSA) is 49.4 Å². The van der Waals surface area contributed by atoms with Crippen molar-refractivity contribution >= 4 is 5.78 Å². The number of allylic oxidation sites excluding steroid dienone is 1. The molecule has 23 heavy (non-hydrogen) atoms. The van der Waals surface area contributed by atoms with Gasteiger partial charge >= 0.3 is 0 Å². The smallest absolute Gasteiger partial charge is 0.166 e. The van der Waals surface area contributed by atoms with Crippen LogP contribution >= 0.6 is 0 Å². The summed E-state index contributed by atoms with van der Waals surface area (Å²) in [6.07, 6.45) is 5.59. The average molecular weight is 322 g/mol. The van der Waals surface area contributed by atoms with E-state index in [1.807, 2.05) is 0 Å². The van der Waals surface area contributed by atoms with E-state index >= 15 is 0 Å². The number of nitrogens with zero attached hydrogens (tertiary/aromatic N) is 2. The fourth-order valence-corrected chi connectivity index (χ4v) is 3.99. The zero-order valence-corrected chi connectivity index (χ0v) is 14.8. The number of carbonyl (C=O) groups is 1. The molecule has 2 fully saturated rings. The van der Waals surface area contributed by atoms with Gasteiger partial charge in [0.15, 0.2) is 5.78 Å². The number of piperidine rings is 1. The molecule has 1 aliphatic carbocycles. The summed E-state index contributed by atoms with van der Waals surface area (Å²) >= 11 is 0. The summed E-state index contributed by atoms with van der Waals surface area (Å²) in [6.45, 7) is 11.0. The number of likely N-dealkylation sites (tertiary alicyclic amines) is 1. The molecule has 3 rings (SSSR count). The summed E-state index contributed by atoms with van der Waals surface area (Å²) in [4.78, 5) is 15.3. The molecule has 0 aromatic carbocycles. The highest BCUT2D eigenvalue weighted by Crippen LogP contribution is 2.34. The van der Waals surface area contributed by atoms with Crippen LogP contribution in [0.3, 0.4) is 0 Å². The fraction of sp³-hybridized carbons (Fsp3) is 0.833. The van der Waals surface area contributed by atoms with Crippen LogP contribution in [0.1, 0.15) is 46.0 Å². The second-order valence-corrected chi connectivity index (χ2v) is 8.06. The molecule has 5 nitrogen and oxygen atoms in total. The number of hydrogen-bond acceptors (Lipinski definition) is 4. The van der Waals surface area contributed by atoms with E-state index in [9.17, 15) is 4.79 Å². The second-order valence-electron chi connectivity index (χ2n) is 8.06. The summed E-state index contributed by atoms with van der Waals surface area (Å²) in [7, 11) is 0. The third-order valence-electron chi connectivity index (χ3n) is 5.25. The van der Waals surface area contributed by atoms with Gasteiger partial charge in [-0.25, -0.2) is 5.43 Å². The van der Waals surface area contributed by atoms with Gasteiger partial charge < -0.3 is 4.74 Å². The summed E-state index contributed by atoms with van der Waals surface area (Å²) in [5.74, 6) is 0.367. The number of carbonyl (C=O) groups excluding carboxylic acids is 1. The summed E-state index contributed by atoms with van der Waals surface area (Å²) in [6, 6.07) is 0. The lowest BCUT2D eigenvalue weighted by atomic mass is 9.75. The molecule has 3 aliphatic rings. The quantitative estimate of drug-likeness (QED) is 0.782. The zero-order valence-electron chi connectivity index (χ0n) is 14.8. The molecule has 0 spiro atoms. The van der Waals surface area contributed by atoms with Gasteiger partial charge in [-0.1, -0.05) is 20.3 Å². The van der Waals surface area contributed by atoms with E-state index < -0.39 is 0 Å². The standard InChI is InChI=1S/C18H31N3O2/c1-18(2)12-16(19-21-8-10-23-11-9-21)15(17(22)13-18)14-20-6-4-3-5-7-20/h19H,3-14H2,1-2H3/p+1. The molecule has 0 amide bonds. The summed E-state index contributed by atoms with van der Waals surface area (Å²) in [5, 5.41) is 2.34. The molecular weight excluding hydrogens is 290 g/mol. The van der Waals surface area contributed by atoms with Crippen LogP contribution < -0.4 is 5.43 Å². The molecule has 2 saturated heterocycles. The highest BCUT2D eigenvalue weighted by atomic mass is 16.5. The maximum atomic E-state index is 12.8. The van der Waals surface area contributed by atoms with Gasteiger partial charge in [0.2, 0.25) is 0 Å². The Morgan fingerprint density at radius 1 is 1.04 bits per heavy atom. The lowest BCUT2D eigenvalue weighted by Gasteiger charge is -2.35. The molecule has 2 aliphatic heterocycles. The first-order chi connectivity index (χ1) is 11.0. The molecule has 0 atom stereocenters. The third kappa shape index (κ3) is 4.63. The Labute approximate surface area is 140 Å². The van der Waals surface area contributed by atoms with E-state index in [0.717, 1.165) is 57.9 Å². The minimum atomic E-state index is 0.0839. The van der Waals surface area contributed by atoms with Crippen LogP contribution in [0.4, 0.5) is 0 Å². The van der Waals surface area contributed by atoms with Crippen molar-refractivity contribution in [3.05, 3.63) is 11.3 Å². The lowest BCUT2D eigenvalue weighted by Crippen LogP contribution is -2.94. The van der Waals surface area contributed by atoms with Crippen molar-refractivity contribution in [2.45, 2.75) is 46.0 Å². The largest absolute Gasteiger partial charge is 0.378 e. The van der Waals surface area contributed by atoms with Crippen LogP contribution in [-0.2, 0) is 9.53 Å². The molecule has 0 aromatic rings. The Hall–Kier alpha value is -0.750. The van der Waals surface area contributed by atoms with Crippen molar-refractivity contribution in [3.8, 4) is 0 Å². The van der Waals surface area contributed by atoms with Crippen LogP contribution in [0.25, 0.3) is 0 Å². The van der Waals surface area contributed by atoms with Gasteiger partial charge in [-0.2, -0.15) is 0 Å². The van der Waals surface area contributed by atoms with Crippen molar-refractivity contribution < 1.29 is 15.0 Å². The number of hydrogen-bond donors (Lipinski definition) is 1. The van der Waals surface area contributed by atoms with Crippen molar-refractivity contribution in [1.29, 1.82) is 0 Å². The van der Waals surface area contributed by atoms with Crippen LogP contribution in [0, 0.1) is 5.41 Å². The SMILES string of the molecule is CC1(C)CC(=O)C(CN2CCCCC2)=C([NH2+]N2CCOCC2)C1. The van der Waals surface area contributed by atoms with Crippen LogP contribution in [0.2, 0.25) is 0 Å². The fourth-order valence-electron chi connectivity index (χ4n) is 3.99. The third-order valence-corrected chi connectivity index (χ3v) is 5.25. The number of rotatable bonds is 4. The number of quaternary nitrogens is 1. The van der Waals surface area contributed by atoms with Crippen LogP contribution in [0.5, 0.6) is 0 Å². The van der Waals surface area contributed by atoms with Gasteiger partial charge in [-0.05, 0) is 31.3 Å². The molecule has 2 heterocycles. The van der Waals surface area contributed by atoms with Gasteiger partial charge in [0.25, 0.3) is 0 Å². The number of morpholine rings is 1. The van der Waals surface area contributed by atoms with E-state index in [4.69, 9.17) is 4.74 Å². The molecule has 0 aromatic heterocycles. The molecular formula is C18H32N3O2+. The van der Waals surface area contributed by atoms with Gasteiger partial charge in [0.05, 0.1) is 31.9 Å². The van der Waals surface area contributed by atoms with Gasteiger partial charge in [-0.15, -0.1) is 5.01 Å². The van der Waals surface area contributed by atoms with Gasteiger partial charge in [0, 0.05) is 19.4 Å². The Balaban J connectivity index is 1.75. The monoisotopic (exact) mass is 322 g/mol. The first kappa shape index (κ1) is 17.1. The maximum absolute atomic E-state index is 12.8. The Morgan fingerprint density at radius 2 is 1.74 bits per heavy atom. The second kappa shape index (κ2) is 7.43. The Morgan fingerprint density at radius 3 is 2.43 bits per heavy atom. The van der Waals surface area contributed by atoms with Crippen molar-refractivity contribution in [3.63, 3.8) is 0 Å². The van der Waals surface area contributed by atoms with Crippen LogP contribution in [0.15, 0.2) is 11.3 Å². The predicted octanol–water partition coefficient (Wildman–Crippen LogP) is 0.926. The van der Waals surface area contributed by atoms with E-state index in [1.165, 1.54) is 25.0 Å². The highest BCUT2D eigenvalue weighted by molar-refractivity contribution is 5.97. The first-order valence-corrected chi connectivity index (χ1v) is 9.18. The van der Waals surface area contributed by atoms with Crippen molar-refractivity contribution in [2.75, 3.05) is 45.9 Å². The molecule has 0 bridgehead atoms. The van der Waals surface area contributed by atoms with Crippen molar-refractivity contribution in [2.24, 2.45) is 5.41 Å². The lowest BCUT2D eigenvalue weighted by molar-refractivity contribution is -0.771. The number of ether oxygens (including phenoxy) is 1. The minimum Gasteiger partial charge on any atom is -0.378 e. The number of nitrogens with two attached hydrogens (primary N) is 1. The Kier molecular flexibility index (Phi) is 5.52. The average Bonchev–Trinajstić information content (AvgIpc) is 2.52. The highest BCUT2D eigenvalue weighted by Gasteiger charge is 2.37. The minimum absolute atomic E-state index is 0.0839. The van der Waals surface area contributed by atoms with Crippen molar-refractivity contribution in [1.82, 2.24) is 9.91 Å². The molecule has 5 heteroatoms. The molecule has 0 radical (unpaired) electrons. The van der Waals surface area contributed by atoms with E-state index in [2.05, 4.69) is 29.2 Å². The van der Waals surface area contributed by atoms with E-state index in [0.29, 0.717) is 12.2 Å². The summed E-state index contributed by atoms with van der Waals surface area (Å²) in [5.41, 5.74) is 4.71. The maximum Gasteiger partial charge on any atom is 0.166 e. The van der Waals surface area contributed by atoms with Crippen LogP contribution in [-0.4, -0.2) is 61.6 Å². The molecule has 130 valence electrons. The Bertz CT molecular complexity index is 461. The molecule has 2 N–H and O–H groups in total. The number of Topliss-reactive ketones (excluding diaryl/α,β-unsaturated/α-hetero) is 1. The predicted molar refractivity (Wildman–Crippen MR) is 89.7 cm³/mol. The number of ketones is 1. The normalized spacial score (nSPS) is 27.5. The summed E-state index contributed by atoms with van der Waals surface area (Å²) < 4.78 is 5.45. The van der Waals surface area contributed by atoms with E-state index in [-0.39, 0.29) is 5.41 Å². The molecule has 0 saturated carbocycles.